The lowest BCUT2D eigenvalue weighted by molar-refractivity contribution is -0.274. The van der Waals surface area contributed by atoms with Gasteiger partial charge in [0, 0.05) is 61.5 Å². The molecule has 1 aromatic heterocycles. The van der Waals surface area contributed by atoms with Gasteiger partial charge in [-0.25, -0.2) is 0 Å². The van der Waals surface area contributed by atoms with Gasteiger partial charge >= 0.3 is 6.36 Å². The van der Waals surface area contributed by atoms with Crippen molar-refractivity contribution in [1.82, 2.24) is 15.2 Å². The van der Waals surface area contributed by atoms with Crippen molar-refractivity contribution in [2.75, 3.05) is 31.5 Å². The largest absolute Gasteiger partial charge is 0.573 e. The molecular formula is C24H21F3N4O3. The highest BCUT2D eigenvalue weighted by Gasteiger charge is 2.31. The van der Waals surface area contributed by atoms with Crippen molar-refractivity contribution in [3.05, 3.63) is 78.1 Å². The number of amides is 2. The molecule has 1 aliphatic rings. The molecule has 4 rings (SSSR count). The molecule has 2 N–H and O–H groups in total. The predicted octanol–water partition coefficient (Wildman–Crippen LogP) is 3.94. The Morgan fingerprint density at radius 1 is 0.941 bits per heavy atom. The molecule has 2 amide bonds. The molecule has 3 aromatic rings. The zero-order valence-electron chi connectivity index (χ0n) is 17.9. The number of anilines is 1. The maximum atomic E-state index is 12.6. The van der Waals surface area contributed by atoms with E-state index >= 15 is 0 Å². The van der Waals surface area contributed by atoms with Crippen LogP contribution in [0.2, 0.25) is 0 Å². The zero-order chi connectivity index (χ0) is 24.1. The highest BCUT2D eigenvalue weighted by atomic mass is 19.4. The molecule has 0 unspecified atom stereocenters. The molecule has 2 heterocycles. The molecule has 0 saturated carbocycles. The summed E-state index contributed by atoms with van der Waals surface area (Å²) < 4.78 is 41.2. The molecule has 10 heteroatoms. The molecule has 1 aliphatic heterocycles. The number of carbonyl (C=O) groups is 2. The number of hydrogen-bond acceptors (Lipinski definition) is 5. The van der Waals surface area contributed by atoms with Crippen LogP contribution < -0.4 is 15.4 Å². The molecular weight excluding hydrogens is 449 g/mol. The third-order valence-electron chi connectivity index (χ3n) is 5.20. The molecule has 0 radical (unpaired) electrons. The molecule has 1 fully saturated rings. The van der Waals surface area contributed by atoms with Gasteiger partial charge in [0.15, 0.2) is 0 Å². The van der Waals surface area contributed by atoms with E-state index in [1.165, 1.54) is 18.3 Å². The van der Waals surface area contributed by atoms with E-state index in [-0.39, 0.29) is 17.2 Å². The third kappa shape index (κ3) is 5.90. The summed E-state index contributed by atoms with van der Waals surface area (Å²) in [5.74, 6) is -1.01. The van der Waals surface area contributed by atoms with Gasteiger partial charge in [-0.3, -0.25) is 14.6 Å². The second-order valence-corrected chi connectivity index (χ2v) is 7.61. The number of hydrogen-bond donors (Lipinski definition) is 2. The summed E-state index contributed by atoms with van der Waals surface area (Å²) in [6.45, 7) is 2.85. The molecule has 0 aliphatic carbocycles. The SMILES string of the molecule is O=C(Nc1cccc(OC(F)(F)F)c1)c1cncc(-c2ccc(C(=O)N3CCNCC3)cc2)c1. The number of nitrogens with one attached hydrogen (secondary N) is 2. The van der Waals surface area contributed by atoms with Crippen molar-refractivity contribution in [1.29, 1.82) is 0 Å². The van der Waals surface area contributed by atoms with Crippen LogP contribution in [-0.2, 0) is 0 Å². The number of piperazine rings is 1. The molecule has 0 bridgehead atoms. The van der Waals surface area contributed by atoms with Crippen LogP contribution in [0.25, 0.3) is 11.1 Å². The van der Waals surface area contributed by atoms with E-state index in [1.54, 1.807) is 41.4 Å². The van der Waals surface area contributed by atoms with Gasteiger partial charge < -0.3 is 20.3 Å². The first-order valence-electron chi connectivity index (χ1n) is 10.5. The fourth-order valence-corrected chi connectivity index (χ4v) is 3.55. The molecule has 0 spiro atoms. The van der Waals surface area contributed by atoms with Crippen LogP contribution in [0.3, 0.4) is 0 Å². The minimum absolute atomic E-state index is 0.0314. The van der Waals surface area contributed by atoms with Crippen molar-refractivity contribution in [3.8, 4) is 16.9 Å². The Kier molecular flexibility index (Phi) is 6.78. The maximum absolute atomic E-state index is 12.6. The standard InChI is InChI=1S/C24H21F3N4O3/c25-24(26,27)34-21-3-1-2-20(13-21)30-22(32)19-12-18(14-29-15-19)16-4-6-17(7-5-16)23(33)31-10-8-28-9-11-31/h1-7,12-15,28H,8-11H2,(H,30,32). The van der Waals surface area contributed by atoms with Crippen LogP contribution >= 0.6 is 0 Å². The van der Waals surface area contributed by atoms with Gasteiger partial charge in [-0.15, -0.1) is 13.2 Å². The van der Waals surface area contributed by atoms with Crippen molar-refractivity contribution in [3.63, 3.8) is 0 Å². The number of ether oxygens (including phenoxy) is 1. The monoisotopic (exact) mass is 470 g/mol. The Bertz CT molecular complexity index is 1180. The summed E-state index contributed by atoms with van der Waals surface area (Å²) in [6, 6.07) is 13.7. The van der Waals surface area contributed by atoms with E-state index in [9.17, 15) is 22.8 Å². The normalized spacial score (nSPS) is 13.9. The minimum atomic E-state index is -4.83. The van der Waals surface area contributed by atoms with Crippen LogP contribution in [0.5, 0.6) is 5.75 Å². The molecule has 7 nitrogen and oxygen atoms in total. The van der Waals surface area contributed by atoms with Gasteiger partial charge in [0.25, 0.3) is 11.8 Å². The number of carbonyl (C=O) groups excluding carboxylic acids is 2. The number of benzene rings is 2. The van der Waals surface area contributed by atoms with Crippen LogP contribution in [0.15, 0.2) is 67.0 Å². The topological polar surface area (TPSA) is 83.6 Å². The number of rotatable bonds is 5. The maximum Gasteiger partial charge on any atom is 0.573 e. The van der Waals surface area contributed by atoms with E-state index in [1.807, 2.05) is 0 Å². The summed E-state index contributed by atoms with van der Waals surface area (Å²) in [6.07, 6.45) is -1.88. The number of nitrogens with zero attached hydrogens (tertiary/aromatic N) is 2. The lowest BCUT2D eigenvalue weighted by Crippen LogP contribution is -2.46. The van der Waals surface area contributed by atoms with Crippen molar-refractivity contribution >= 4 is 17.5 Å². The van der Waals surface area contributed by atoms with E-state index < -0.39 is 18.0 Å². The Morgan fingerprint density at radius 3 is 2.38 bits per heavy atom. The average Bonchev–Trinajstić information content (AvgIpc) is 2.83. The van der Waals surface area contributed by atoms with Crippen LogP contribution in [0.4, 0.5) is 18.9 Å². The zero-order valence-corrected chi connectivity index (χ0v) is 17.9. The van der Waals surface area contributed by atoms with E-state index in [2.05, 4.69) is 20.4 Å². The van der Waals surface area contributed by atoms with Gasteiger partial charge in [-0.2, -0.15) is 0 Å². The smallest absolute Gasteiger partial charge is 0.406 e. The summed E-state index contributed by atoms with van der Waals surface area (Å²) in [5.41, 5.74) is 2.37. The number of pyridine rings is 1. The van der Waals surface area contributed by atoms with Crippen LogP contribution in [0.1, 0.15) is 20.7 Å². The molecule has 0 atom stereocenters. The third-order valence-corrected chi connectivity index (χ3v) is 5.20. The number of aromatic nitrogens is 1. The minimum Gasteiger partial charge on any atom is -0.406 e. The van der Waals surface area contributed by atoms with Crippen LogP contribution in [0, 0.1) is 0 Å². The first kappa shape index (κ1) is 23.2. The van der Waals surface area contributed by atoms with Crippen molar-refractivity contribution in [2.24, 2.45) is 0 Å². The number of halogens is 3. The van der Waals surface area contributed by atoms with Gasteiger partial charge in [0.2, 0.25) is 0 Å². The molecule has 176 valence electrons. The molecule has 1 saturated heterocycles. The average molecular weight is 470 g/mol. The van der Waals surface area contributed by atoms with Gasteiger partial charge in [0.05, 0.1) is 5.56 Å². The molecule has 34 heavy (non-hydrogen) atoms. The predicted molar refractivity (Wildman–Crippen MR) is 120 cm³/mol. The van der Waals surface area contributed by atoms with E-state index in [4.69, 9.17) is 0 Å². The lowest BCUT2D eigenvalue weighted by Gasteiger charge is -2.27. The first-order chi connectivity index (χ1) is 16.3. The van der Waals surface area contributed by atoms with Crippen molar-refractivity contribution in [2.45, 2.75) is 6.36 Å². The highest BCUT2D eigenvalue weighted by molar-refractivity contribution is 6.04. The summed E-state index contributed by atoms with van der Waals surface area (Å²) >= 11 is 0. The Balaban J connectivity index is 1.46. The van der Waals surface area contributed by atoms with Gasteiger partial charge in [0.1, 0.15) is 5.75 Å². The van der Waals surface area contributed by atoms with Gasteiger partial charge in [-0.1, -0.05) is 18.2 Å². The summed E-state index contributed by atoms with van der Waals surface area (Å²) in [7, 11) is 0. The Labute approximate surface area is 193 Å². The Hall–Kier alpha value is -3.92. The second kappa shape index (κ2) is 9.92. The number of alkyl halides is 3. The van der Waals surface area contributed by atoms with E-state index in [0.717, 1.165) is 30.8 Å². The first-order valence-corrected chi connectivity index (χ1v) is 10.5. The van der Waals surface area contributed by atoms with Crippen LogP contribution in [-0.4, -0.2) is 54.2 Å². The van der Waals surface area contributed by atoms with Crippen molar-refractivity contribution < 1.29 is 27.5 Å². The second-order valence-electron chi connectivity index (χ2n) is 7.61. The Morgan fingerprint density at radius 2 is 1.68 bits per heavy atom. The summed E-state index contributed by atoms with van der Waals surface area (Å²) in [4.78, 5) is 31.2. The highest BCUT2D eigenvalue weighted by Crippen LogP contribution is 2.26. The fourth-order valence-electron chi connectivity index (χ4n) is 3.55. The summed E-state index contributed by atoms with van der Waals surface area (Å²) in [5, 5.41) is 5.75. The lowest BCUT2D eigenvalue weighted by atomic mass is 10.0. The quantitative estimate of drug-likeness (QED) is 0.590. The van der Waals surface area contributed by atoms with Gasteiger partial charge in [-0.05, 0) is 35.9 Å². The van der Waals surface area contributed by atoms with E-state index in [0.29, 0.717) is 24.2 Å². The molecule has 2 aromatic carbocycles. The fraction of sp³-hybridized carbons (Fsp3) is 0.208.